The van der Waals surface area contributed by atoms with Gasteiger partial charge >= 0.3 is 0 Å². The minimum Gasteiger partial charge on any atom is -0.399 e. The predicted octanol–water partition coefficient (Wildman–Crippen LogP) is 2.80. The van der Waals surface area contributed by atoms with E-state index in [0.717, 1.165) is 0 Å². The third kappa shape index (κ3) is 3.67. The lowest BCUT2D eigenvalue weighted by molar-refractivity contribution is 0.576. The molecule has 0 radical (unpaired) electrons. The van der Waals surface area contributed by atoms with Gasteiger partial charge < -0.3 is 11.5 Å². The highest BCUT2D eigenvalue weighted by molar-refractivity contribution is 8.08. The average Bonchev–Trinajstić information content (AvgIpc) is 2.63. The number of rotatable bonds is 5. The molecular weight excluding hydrogens is 384 g/mol. The molecule has 0 aromatic heterocycles. The van der Waals surface area contributed by atoms with E-state index in [2.05, 4.69) is 0 Å². The second-order valence-electron chi connectivity index (χ2n) is 5.97. The monoisotopic (exact) mass is 402 g/mol. The van der Waals surface area contributed by atoms with E-state index in [1.165, 1.54) is 60.7 Å². The number of hydrogen-bond acceptors (Lipinski definition) is 6. The zero-order chi connectivity index (χ0) is 19.7. The summed E-state index contributed by atoms with van der Waals surface area (Å²) < 4.78 is 51.4. The molecule has 0 aliphatic carbocycles. The van der Waals surface area contributed by atoms with Crippen molar-refractivity contribution in [1.29, 1.82) is 0 Å². The fraction of sp³-hybridized carbons (Fsp3) is 0.0526. The molecule has 4 N–H and O–H groups in total. The largest absolute Gasteiger partial charge is 0.399 e. The maximum absolute atomic E-state index is 13.3. The van der Waals surface area contributed by atoms with E-state index in [-0.39, 0.29) is 15.4 Å². The highest BCUT2D eigenvalue weighted by Crippen LogP contribution is 2.38. The molecule has 0 bridgehead atoms. The maximum atomic E-state index is 13.3. The Bertz CT molecular complexity index is 1070. The van der Waals surface area contributed by atoms with Crippen molar-refractivity contribution in [2.45, 2.75) is 14.4 Å². The van der Waals surface area contributed by atoms with E-state index in [0.29, 0.717) is 11.4 Å². The van der Waals surface area contributed by atoms with Gasteiger partial charge in [0.05, 0.1) is 9.79 Å². The Morgan fingerprint density at radius 1 is 0.556 bits per heavy atom. The first-order valence-electron chi connectivity index (χ1n) is 7.97. The van der Waals surface area contributed by atoms with Crippen molar-refractivity contribution in [3.8, 4) is 0 Å². The molecule has 3 rings (SSSR count). The number of nitrogens with two attached hydrogens (primary N) is 2. The molecule has 0 aliphatic heterocycles. The standard InChI is InChI=1S/C19H18N2O4S2/c20-15-6-10-17(11-7-15)26(22,23)19(14-4-2-1-3-5-14)27(24,25)18-12-8-16(21)9-13-18/h1-13,19H,20-21H2. The third-order valence-electron chi connectivity index (χ3n) is 4.05. The number of anilines is 2. The van der Waals surface area contributed by atoms with Gasteiger partial charge in [0.2, 0.25) is 0 Å². The van der Waals surface area contributed by atoms with Crippen molar-refractivity contribution in [3.63, 3.8) is 0 Å². The number of sulfone groups is 2. The van der Waals surface area contributed by atoms with Crippen molar-refractivity contribution < 1.29 is 16.8 Å². The Morgan fingerprint density at radius 3 is 1.30 bits per heavy atom. The molecule has 0 aliphatic rings. The van der Waals surface area contributed by atoms with E-state index in [1.54, 1.807) is 18.2 Å². The molecule has 3 aromatic rings. The number of hydrogen-bond donors (Lipinski definition) is 2. The molecule has 6 nitrogen and oxygen atoms in total. The minimum absolute atomic E-state index is 0.121. The molecule has 0 atom stereocenters. The van der Waals surface area contributed by atoms with Crippen LogP contribution < -0.4 is 11.5 Å². The lowest BCUT2D eigenvalue weighted by Gasteiger charge is -2.19. The highest BCUT2D eigenvalue weighted by Gasteiger charge is 2.41. The van der Waals surface area contributed by atoms with Crippen molar-refractivity contribution in [2.75, 3.05) is 11.5 Å². The van der Waals surface area contributed by atoms with Gasteiger partial charge in [0.15, 0.2) is 24.3 Å². The molecule has 8 heteroatoms. The van der Waals surface area contributed by atoms with Crippen molar-refractivity contribution >= 4 is 31.0 Å². The van der Waals surface area contributed by atoms with Crippen LogP contribution in [-0.2, 0) is 19.7 Å². The topological polar surface area (TPSA) is 120 Å². The van der Waals surface area contributed by atoms with Gasteiger partial charge in [-0.3, -0.25) is 0 Å². The smallest absolute Gasteiger partial charge is 0.200 e. The fourth-order valence-electron chi connectivity index (χ4n) is 2.70. The molecule has 0 unspecified atom stereocenters. The molecule has 0 amide bonds. The van der Waals surface area contributed by atoms with Crippen LogP contribution in [0, 0.1) is 0 Å². The molecule has 0 heterocycles. The summed E-state index contributed by atoms with van der Waals surface area (Å²) in [4.78, 5) is -0.242. The molecule has 0 saturated carbocycles. The predicted molar refractivity (Wildman–Crippen MR) is 105 cm³/mol. The van der Waals surface area contributed by atoms with Crippen LogP contribution in [0.2, 0.25) is 0 Å². The normalized spacial score (nSPS) is 12.2. The van der Waals surface area contributed by atoms with Crippen LogP contribution in [0.3, 0.4) is 0 Å². The first-order chi connectivity index (χ1) is 12.7. The summed E-state index contributed by atoms with van der Waals surface area (Å²) in [5.74, 6) is 0. The lowest BCUT2D eigenvalue weighted by atomic mass is 10.2. The second-order valence-corrected chi connectivity index (χ2v) is 10.3. The summed E-state index contributed by atoms with van der Waals surface area (Å²) in [5.41, 5.74) is 12.2. The zero-order valence-electron chi connectivity index (χ0n) is 14.2. The molecule has 3 aromatic carbocycles. The quantitative estimate of drug-likeness (QED) is 0.633. The van der Waals surface area contributed by atoms with Crippen LogP contribution in [-0.4, -0.2) is 16.8 Å². The Labute approximate surface area is 158 Å². The van der Waals surface area contributed by atoms with Gasteiger partial charge in [-0.15, -0.1) is 0 Å². The van der Waals surface area contributed by atoms with E-state index in [9.17, 15) is 16.8 Å². The second kappa shape index (κ2) is 7.05. The summed E-state index contributed by atoms with van der Waals surface area (Å²) in [6.07, 6.45) is 0. The maximum Gasteiger partial charge on any atom is 0.200 e. The average molecular weight is 402 g/mol. The molecule has 0 saturated heterocycles. The molecule has 0 fully saturated rings. The summed E-state index contributed by atoms with van der Waals surface area (Å²) in [6, 6.07) is 18.7. The number of nitrogen functional groups attached to an aromatic ring is 2. The third-order valence-corrected chi connectivity index (χ3v) is 9.10. The first kappa shape index (κ1) is 18.9. The van der Waals surface area contributed by atoms with Crippen LogP contribution in [0.5, 0.6) is 0 Å². The van der Waals surface area contributed by atoms with Gasteiger partial charge in [-0.25, -0.2) is 16.8 Å². The summed E-state index contributed by atoms with van der Waals surface area (Å²) in [5, 5.41) is 0. The highest BCUT2D eigenvalue weighted by atomic mass is 32.3. The van der Waals surface area contributed by atoms with Gasteiger partial charge in [0.25, 0.3) is 0 Å². The SMILES string of the molecule is Nc1ccc(S(=O)(=O)C(c2ccccc2)S(=O)(=O)c2ccc(N)cc2)cc1. The van der Waals surface area contributed by atoms with Crippen LogP contribution in [0.4, 0.5) is 11.4 Å². The van der Waals surface area contributed by atoms with Crippen molar-refractivity contribution in [3.05, 3.63) is 84.4 Å². The Hall–Kier alpha value is -2.84. The molecule has 27 heavy (non-hydrogen) atoms. The first-order valence-corrected chi connectivity index (χ1v) is 11.1. The van der Waals surface area contributed by atoms with Gasteiger partial charge in [-0.05, 0) is 54.1 Å². The summed E-state index contributed by atoms with van der Waals surface area (Å²) >= 11 is 0. The lowest BCUT2D eigenvalue weighted by Crippen LogP contribution is -2.23. The van der Waals surface area contributed by atoms with Crippen LogP contribution in [0.25, 0.3) is 0 Å². The fourth-order valence-corrected chi connectivity index (χ4v) is 7.25. The zero-order valence-corrected chi connectivity index (χ0v) is 15.8. The van der Waals surface area contributed by atoms with Crippen LogP contribution >= 0.6 is 0 Å². The van der Waals surface area contributed by atoms with E-state index in [4.69, 9.17) is 11.5 Å². The number of benzene rings is 3. The van der Waals surface area contributed by atoms with Crippen LogP contribution in [0.15, 0.2) is 88.7 Å². The van der Waals surface area contributed by atoms with Gasteiger partial charge in [0.1, 0.15) is 0 Å². The van der Waals surface area contributed by atoms with Crippen molar-refractivity contribution in [2.24, 2.45) is 0 Å². The van der Waals surface area contributed by atoms with Gasteiger partial charge in [-0.1, -0.05) is 30.3 Å². The van der Waals surface area contributed by atoms with E-state index in [1.807, 2.05) is 0 Å². The molecule has 0 spiro atoms. The Kier molecular flexibility index (Phi) is 4.95. The summed E-state index contributed by atoms with van der Waals surface area (Å²) in [6.45, 7) is 0. The van der Waals surface area contributed by atoms with E-state index >= 15 is 0 Å². The van der Waals surface area contributed by atoms with Gasteiger partial charge in [0, 0.05) is 11.4 Å². The summed E-state index contributed by atoms with van der Waals surface area (Å²) in [7, 11) is -8.52. The minimum atomic E-state index is -4.26. The molecule has 140 valence electrons. The van der Waals surface area contributed by atoms with Crippen molar-refractivity contribution in [1.82, 2.24) is 0 Å². The van der Waals surface area contributed by atoms with Gasteiger partial charge in [-0.2, -0.15) is 0 Å². The Morgan fingerprint density at radius 2 is 0.926 bits per heavy atom. The molecular formula is C19H18N2O4S2. The van der Waals surface area contributed by atoms with E-state index < -0.39 is 24.3 Å². The van der Waals surface area contributed by atoms with Crippen LogP contribution in [0.1, 0.15) is 10.1 Å². The Balaban J connectivity index is 2.24.